The molecule has 0 unspecified atom stereocenters. The molecule has 6 nitrogen and oxygen atoms in total. The highest BCUT2D eigenvalue weighted by atomic mass is 16.6. The van der Waals surface area contributed by atoms with Crippen molar-refractivity contribution in [1.29, 1.82) is 0 Å². The van der Waals surface area contributed by atoms with Crippen molar-refractivity contribution >= 4 is 17.7 Å². The summed E-state index contributed by atoms with van der Waals surface area (Å²) < 4.78 is 4.99. The van der Waals surface area contributed by atoms with E-state index in [1.165, 1.54) is 0 Å². The molecule has 0 radical (unpaired) electrons. The number of carbonyl (C=O) groups is 2. The van der Waals surface area contributed by atoms with Crippen molar-refractivity contribution in [1.82, 2.24) is 10.2 Å². The second kappa shape index (κ2) is 8.53. The zero-order valence-electron chi connectivity index (χ0n) is 13.8. The summed E-state index contributed by atoms with van der Waals surface area (Å²) in [6, 6.07) is 7.97. The van der Waals surface area contributed by atoms with Crippen LogP contribution in [0.4, 0.5) is 10.5 Å². The maximum absolute atomic E-state index is 11.9. The summed E-state index contributed by atoms with van der Waals surface area (Å²) in [6.07, 6.45) is 1.41. The van der Waals surface area contributed by atoms with Crippen LogP contribution < -0.4 is 10.6 Å². The fourth-order valence-corrected chi connectivity index (χ4v) is 2.56. The molecule has 1 aliphatic heterocycles. The minimum absolute atomic E-state index is 0.0540. The highest BCUT2D eigenvalue weighted by molar-refractivity contribution is 5.92. The van der Waals surface area contributed by atoms with Crippen LogP contribution in [0.5, 0.6) is 0 Å². The maximum atomic E-state index is 11.9. The van der Waals surface area contributed by atoms with Gasteiger partial charge in [0.2, 0.25) is 5.91 Å². The summed E-state index contributed by atoms with van der Waals surface area (Å²) in [4.78, 5) is 25.3. The number of ether oxygens (including phenoxy) is 1. The number of anilines is 1. The second-order valence-corrected chi connectivity index (χ2v) is 5.76. The third-order valence-corrected chi connectivity index (χ3v) is 3.91. The first-order valence-corrected chi connectivity index (χ1v) is 8.10. The largest absolute Gasteiger partial charge is 0.450 e. The Kier molecular flexibility index (Phi) is 6.40. The molecule has 0 saturated carbocycles. The van der Waals surface area contributed by atoms with Crippen LogP contribution in [0.3, 0.4) is 0 Å². The van der Waals surface area contributed by atoms with Gasteiger partial charge in [-0.25, -0.2) is 4.79 Å². The van der Waals surface area contributed by atoms with Crippen LogP contribution in [0, 0.1) is 6.92 Å². The van der Waals surface area contributed by atoms with Crippen molar-refractivity contribution in [2.24, 2.45) is 0 Å². The van der Waals surface area contributed by atoms with Crippen LogP contribution in [-0.2, 0) is 9.53 Å². The molecule has 126 valence electrons. The number of hydrogen-bond acceptors (Lipinski definition) is 4. The van der Waals surface area contributed by atoms with Gasteiger partial charge in [-0.15, -0.1) is 0 Å². The normalized spacial score (nSPS) is 15.3. The van der Waals surface area contributed by atoms with Gasteiger partial charge in [-0.1, -0.05) is 17.7 Å². The first kappa shape index (κ1) is 17.3. The average molecular weight is 319 g/mol. The molecule has 23 heavy (non-hydrogen) atoms. The summed E-state index contributed by atoms with van der Waals surface area (Å²) >= 11 is 0. The quantitative estimate of drug-likeness (QED) is 0.872. The molecule has 0 aliphatic carbocycles. The third-order valence-electron chi connectivity index (χ3n) is 3.91. The maximum Gasteiger partial charge on any atom is 0.409 e. The molecule has 1 aromatic carbocycles. The molecule has 1 fully saturated rings. The molecule has 0 bridgehead atoms. The van der Waals surface area contributed by atoms with Crippen LogP contribution in [0.15, 0.2) is 24.3 Å². The van der Waals surface area contributed by atoms with Gasteiger partial charge in [0.25, 0.3) is 0 Å². The summed E-state index contributed by atoms with van der Waals surface area (Å²) in [5.74, 6) is -0.0540. The number of benzene rings is 1. The number of carbonyl (C=O) groups excluding carboxylic acids is 2. The third kappa shape index (κ3) is 5.56. The average Bonchev–Trinajstić information content (AvgIpc) is 2.56. The van der Waals surface area contributed by atoms with E-state index < -0.39 is 0 Å². The van der Waals surface area contributed by atoms with Crippen LogP contribution in [0.1, 0.15) is 25.3 Å². The van der Waals surface area contributed by atoms with Crippen LogP contribution >= 0.6 is 0 Å². The Balaban J connectivity index is 1.67. The van der Waals surface area contributed by atoms with Gasteiger partial charge < -0.3 is 20.3 Å². The van der Waals surface area contributed by atoms with Gasteiger partial charge in [-0.3, -0.25) is 4.79 Å². The lowest BCUT2D eigenvalue weighted by Crippen LogP contribution is -2.46. The molecule has 1 aromatic rings. The van der Waals surface area contributed by atoms with Gasteiger partial charge in [0.15, 0.2) is 0 Å². The number of aryl methyl sites for hydroxylation is 1. The van der Waals surface area contributed by atoms with E-state index in [0.717, 1.165) is 24.1 Å². The summed E-state index contributed by atoms with van der Waals surface area (Å²) in [5.41, 5.74) is 1.97. The number of amides is 2. The SMILES string of the molecule is CCOC(=O)N1CCC(NCC(=O)Nc2ccc(C)cc2)CC1. The molecule has 0 spiro atoms. The van der Waals surface area contributed by atoms with E-state index in [1.54, 1.807) is 11.8 Å². The molecular weight excluding hydrogens is 294 g/mol. The molecule has 2 N–H and O–H groups in total. The van der Waals surface area contributed by atoms with Crippen LogP contribution in [-0.4, -0.2) is 49.2 Å². The first-order valence-electron chi connectivity index (χ1n) is 8.10. The van der Waals surface area contributed by atoms with E-state index >= 15 is 0 Å². The van der Waals surface area contributed by atoms with Crippen molar-refractivity contribution in [3.63, 3.8) is 0 Å². The molecule has 1 heterocycles. The smallest absolute Gasteiger partial charge is 0.409 e. The van der Waals surface area contributed by atoms with Crippen molar-refractivity contribution in [2.45, 2.75) is 32.7 Å². The van der Waals surface area contributed by atoms with Gasteiger partial charge in [0.05, 0.1) is 13.2 Å². The monoisotopic (exact) mass is 319 g/mol. The van der Waals surface area contributed by atoms with E-state index in [0.29, 0.717) is 19.7 Å². The van der Waals surface area contributed by atoms with Crippen molar-refractivity contribution < 1.29 is 14.3 Å². The Morgan fingerprint density at radius 3 is 2.48 bits per heavy atom. The highest BCUT2D eigenvalue weighted by Gasteiger charge is 2.23. The lowest BCUT2D eigenvalue weighted by atomic mass is 10.1. The predicted octanol–water partition coefficient (Wildman–Crippen LogP) is 2.14. The predicted molar refractivity (Wildman–Crippen MR) is 89.4 cm³/mol. The van der Waals surface area contributed by atoms with Crippen LogP contribution in [0.2, 0.25) is 0 Å². The minimum Gasteiger partial charge on any atom is -0.450 e. The van der Waals surface area contributed by atoms with Crippen LogP contribution in [0.25, 0.3) is 0 Å². The van der Waals surface area contributed by atoms with Crippen molar-refractivity contribution in [3.05, 3.63) is 29.8 Å². The lowest BCUT2D eigenvalue weighted by molar-refractivity contribution is -0.115. The number of nitrogens with one attached hydrogen (secondary N) is 2. The van der Waals surface area contributed by atoms with Gasteiger partial charge in [-0.05, 0) is 38.8 Å². The number of hydrogen-bond donors (Lipinski definition) is 2. The van der Waals surface area contributed by atoms with E-state index in [-0.39, 0.29) is 24.6 Å². The number of likely N-dealkylation sites (tertiary alicyclic amines) is 1. The summed E-state index contributed by atoms with van der Waals surface area (Å²) in [5, 5.41) is 6.12. The van der Waals surface area contributed by atoms with Gasteiger partial charge in [0, 0.05) is 24.8 Å². The molecule has 2 amide bonds. The Hall–Kier alpha value is -2.08. The summed E-state index contributed by atoms with van der Waals surface area (Å²) in [6.45, 7) is 5.81. The number of piperidine rings is 1. The van der Waals surface area contributed by atoms with Gasteiger partial charge in [0.1, 0.15) is 0 Å². The van der Waals surface area contributed by atoms with E-state index in [1.807, 2.05) is 31.2 Å². The Labute approximate surface area is 137 Å². The summed E-state index contributed by atoms with van der Waals surface area (Å²) in [7, 11) is 0. The van der Waals surface area contributed by atoms with Crippen molar-refractivity contribution in [2.75, 3.05) is 31.6 Å². The molecule has 0 aromatic heterocycles. The minimum atomic E-state index is -0.247. The Bertz CT molecular complexity index is 522. The molecular formula is C17H25N3O3. The van der Waals surface area contributed by atoms with E-state index in [4.69, 9.17) is 4.74 Å². The first-order chi connectivity index (χ1) is 11.1. The second-order valence-electron chi connectivity index (χ2n) is 5.76. The molecule has 1 aliphatic rings. The number of rotatable bonds is 5. The fraction of sp³-hybridized carbons (Fsp3) is 0.529. The Morgan fingerprint density at radius 2 is 1.87 bits per heavy atom. The molecule has 2 rings (SSSR count). The highest BCUT2D eigenvalue weighted by Crippen LogP contribution is 2.12. The van der Waals surface area contributed by atoms with E-state index in [2.05, 4.69) is 10.6 Å². The Morgan fingerprint density at radius 1 is 1.22 bits per heavy atom. The number of nitrogens with zero attached hydrogens (tertiary/aromatic N) is 1. The zero-order valence-corrected chi connectivity index (χ0v) is 13.8. The molecule has 1 saturated heterocycles. The molecule has 6 heteroatoms. The van der Waals surface area contributed by atoms with Gasteiger partial charge >= 0.3 is 6.09 Å². The standard InChI is InChI=1S/C17H25N3O3/c1-3-23-17(22)20-10-8-14(9-11-20)18-12-16(21)19-15-6-4-13(2)5-7-15/h4-7,14,18H,3,8-12H2,1-2H3,(H,19,21). The van der Waals surface area contributed by atoms with Gasteiger partial charge in [-0.2, -0.15) is 0 Å². The van der Waals surface area contributed by atoms with Crippen molar-refractivity contribution in [3.8, 4) is 0 Å². The van der Waals surface area contributed by atoms with E-state index in [9.17, 15) is 9.59 Å². The fourth-order valence-electron chi connectivity index (χ4n) is 2.56. The molecule has 0 atom stereocenters. The zero-order chi connectivity index (χ0) is 16.7. The lowest BCUT2D eigenvalue weighted by Gasteiger charge is -2.31. The topological polar surface area (TPSA) is 70.7 Å².